The van der Waals surface area contributed by atoms with E-state index in [1.54, 1.807) is 6.07 Å². The summed E-state index contributed by atoms with van der Waals surface area (Å²) in [7, 11) is -3.67. The normalized spacial score (nSPS) is 12.0. The van der Waals surface area contributed by atoms with Crippen molar-refractivity contribution in [1.29, 1.82) is 0 Å². The molecule has 0 bridgehead atoms. The summed E-state index contributed by atoms with van der Waals surface area (Å²) in [5.41, 5.74) is 0. The molecule has 0 aromatic heterocycles. The highest BCUT2D eigenvalue weighted by molar-refractivity contribution is 7.89. The van der Waals surface area contributed by atoms with Gasteiger partial charge < -0.3 is 0 Å². The monoisotopic (exact) mass is 401 g/mol. The van der Waals surface area contributed by atoms with Gasteiger partial charge in [0.2, 0.25) is 10.0 Å². The largest absolute Gasteiger partial charge is 0.242 e. The van der Waals surface area contributed by atoms with Gasteiger partial charge in [-0.25, -0.2) is 13.1 Å². The number of nitrogens with one attached hydrogen (secondary N) is 1. The van der Waals surface area contributed by atoms with Crippen molar-refractivity contribution in [3.63, 3.8) is 0 Å². The van der Waals surface area contributed by atoms with Gasteiger partial charge in [-0.15, -0.1) is 0 Å². The van der Waals surface area contributed by atoms with Crippen molar-refractivity contribution in [2.45, 2.75) is 56.8 Å². The van der Waals surface area contributed by atoms with Gasteiger partial charge in [-0.1, -0.05) is 92.9 Å². The second-order valence-corrected chi connectivity index (χ2v) is 8.76. The van der Waals surface area contributed by atoms with Crippen molar-refractivity contribution in [3.05, 3.63) is 40.4 Å². The van der Waals surface area contributed by atoms with Gasteiger partial charge in [0.05, 0.1) is 5.02 Å². The zero-order valence-electron chi connectivity index (χ0n) is 14.5. The highest BCUT2D eigenvalue weighted by atomic mass is 35.5. The first kappa shape index (κ1) is 20.5. The second kappa shape index (κ2) is 9.77. The number of rotatable bonds is 10. The lowest BCUT2D eigenvalue weighted by Gasteiger charge is -2.11. The SMILES string of the molecule is CCCCCCCCCNS(=O)(=O)c1cc(Cl)c2ccccc2c1Cl. The molecule has 0 radical (unpaired) electrons. The smallest absolute Gasteiger partial charge is 0.211 e. The molecule has 138 valence electrons. The molecule has 0 spiro atoms. The highest BCUT2D eigenvalue weighted by Crippen LogP contribution is 2.35. The highest BCUT2D eigenvalue weighted by Gasteiger charge is 2.20. The Morgan fingerprint density at radius 2 is 1.52 bits per heavy atom. The summed E-state index contributed by atoms with van der Waals surface area (Å²) in [5.74, 6) is 0. The van der Waals surface area contributed by atoms with Crippen molar-refractivity contribution in [1.82, 2.24) is 4.72 Å². The minimum absolute atomic E-state index is 0.0424. The average molecular weight is 402 g/mol. The molecule has 0 aliphatic heterocycles. The van der Waals surface area contributed by atoms with E-state index < -0.39 is 10.0 Å². The van der Waals surface area contributed by atoms with Gasteiger partial charge in [-0.05, 0) is 12.5 Å². The van der Waals surface area contributed by atoms with Crippen LogP contribution >= 0.6 is 23.2 Å². The number of fused-ring (bicyclic) bond motifs is 1. The Labute approximate surface area is 160 Å². The first-order valence-corrected chi connectivity index (χ1v) is 11.1. The van der Waals surface area contributed by atoms with Crippen LogP contribution in [0.25, 0.3) is 10.8 Å². The van der Waals surface area contributed by atoms with E-state index in [4.69, 9.17) is 23.2 Å². The van der Waals surface area contributed by atoms with Gasteiger partial charge in [0.1, 0.15) is 4.90 Å². The topological polar surface area (TPSA) is 46.2 Å². The van der Waals surface area contributed by atoms with E-state index in [-0.39, 0.29) is 9.92 Å². The Morgan fingerprint density at radius 3 is 2.20 bits per heavy atom. The van der Waals surface area contributed by atoms with Gasteiger partial charge in [0, 0.05) is 22.3 Å². The summed E-state index contributed by atoms with van der Waals surface area (Å²) in [6.45, 7) is 2.61. The van der Waals surface area contributed by atoms with E-state index in [0.717, 1.165) is 24.6 Å². The number of sulfonamides is 1. The molecule has 0 unspecified atom stereocenters. The summed E-state index contributed by atoms with van der Waals surface area (Å²) in [6.07, 6.45) is 7.97. The Morgan fingerprint density at radius 1 is 0.920 bits per heavy atom. The molecule has 2 aromatic rings. The molecule has 0 aliphatic rings. The average Bonchev–Trinajstić information content (AvgIpc) is 2.60. The van der Waals surface area contributed by atoms with Crippen LogP contribution in [-0.2, 0) is 10.0 Å². The number of hydrogen-bond donors (Lipinski definition) is 1. The number of unbranched alkanes of at least 4 members (excludes halogenated alkanes) is 6. The van der Waals surface area contributed by atoms with E-state index in [9.17, 15) is 8.42 Å². The van der Waals surface area contributed by atoms with Crippen molar-refractivity contribution < 1.29 is 8.42 Å². The predicted octanol–water partition coefficient (Wildman–Crippen LogP) is 6.18. The zero-order valence-corrected chi connectivity index (χ0v) is 16.9. The van der Waals surface area contributed by atoms with Gasteiger partial charge in [0.25, 0.3) is 0 Å². The van der Waals surface area contributed by atoms with Crippen LogP contribution in [0.15, 0.2) is 35.2 Å². The molecule has 0 saturated carbocycles. The summed E-state index contributed by atoms with van der Waals surface area (Å²) in [5, 5.41) is 2.00. The first-order chi connectivity index (χ1) is 12.0. The van der Waals surface area contributed by atoms with Gasteiger partial charge >= 0.3 is 0 Å². The number of halogens is 2. The van der Waals surface area contributed by atoms with E-state index in [0.29, 0.717) is 17.0 Å². The minimum atomic E-state index is -3.67. The molecule has 0 saturated heterocycles. The molecular formula is C19H25Cl2NO2S. The summed E-state index contributed by atoms with van der Waals surface area (Å²) in [6, 6.07) is 8.69. The zero-order chi connectivity index (χ0) is 18.3. The molecular weight excluding hydrogens is 377 g/mol. The maximum Gasteiger partial charge on any atom is 0.242 e. The van der Waals surface area contributed by atoms with Crippen LogP contribution in [-0.4, -0.2) is 15.0 Å². The lowest BCUT2D eigenvalue weighted by molar-refractivity contribution is 0.564. The lowest BCUT2D eigenvalue weighted by atomic mass is 10.1. The molecule has 0 amide bonds. The van der Waals surface area contributed by atoms with Crippen LogP contribution < -0.4 is 4.72 Å². The van der Waals surface area contributed by atoms with E-state index in [2.05, 4.69) is 11.6 Å². The van der Waals surface area contributed by atoms with Crippen LogP contribution in [0.5, 0.6) is 0 Å². The van der Waals surface area contributed by atoms with Gasteiger partial charge in [0.15, 0.2) is 0 Å². The molecule has 2 aromatic carbocycles. The van der Waals surface area contributed by atoms with Crippen LogP contribution in [0.4, 0.5) is 0 Å². The Kier molecular flexibility index (Phi) is 8.01. The van der Waals surface area contributed by atoms with Crippen LogP contribution in [0.1, 0.15) is 51.9 Å². The third-order valence-corrected chi connectivity index (χ3v) is 6.57. The van der Waals surface area contributed by atoms with Gasteiger partial charge in [-0.3, -0.25) is 0 Å². The standard InChI is InChI=1S/C19H25Cl2NO2S/c1-2-3-4-5-6-7-10-13-22-25(23,24)18-14-17(20)15-11-8-9-12-16(15)19(18)21/h8-9,11-12,14,22H,2-7,10,13H2,1H3. The molecule has 0 fully saturated rings. The number of benzene rings is 2. The lowest BCUT2D eigenvalue weighted by Crippen LogP contribution is -2.25. The Balaban J connectivity index is 1.98. The molecule has 0 atom stereocenters. The summed E-state index contributed by atoms with van der Waals surface area (Å²) < 4.78 is 27.8. The molecule has 1 N–H and O–H groups in total. The maximum atomic E-state index is 12.6. The van der Waals surface area contributed by atoms with Crippen LogP contribution in [0, 0.1) is 0 Å². The van der Waals surface area contributed by atoms with E-state index in [1.807, 2.05) is 18.2 Å². The minimum Gasteiger partial charge on any atom is -0.211 e. The third kappa shape index (κ3) is 5.58. The maximum absolute atomic E-state index is 12.6. The first-order valence-electron chi connectivity index (χ1n) is 8.83. The summed E-state index contributed by atoms with van der Waals surface area (Å²) in [4.78, 5) is 0.0424. The molecule has 2 rings (SSSR count). The van der Waals surface area contributed by atoms with Crippen molar-refractivity contribution in [3.8, 4) is 0 Å². The molecule has 0 heterocycles. The number of hydrogen-bond acceptors (Lipinski definition) is 2. The third-order valence-electron chi connectivity index (χ3n) is 4.26. The molecule has 25 heavy (non-hydrogen) atoms. The predicted molar refractivity (Wildman–Crippen MR) is 107 cm³/mol. The Hall–Kier alpha value is -0.810. The van der Waals surface area contributed by atoms with Crippen LogP contribution in [0.3, 0.4) is 0 Å². The fraction of sp³-hybridized carbons (Fsp3) is 0.474. The van der Waals surface area contributed by atoms with Crippen molar-refractivity contribution >= 4 is 44.0 Å². The fourth-order valence-electron chi connectivity index (χ4n) is 2.83. The molecule has 6 heteroatoms. The quantitative estimate of drug-likeness (QED) is 0.483. The van der Waals surface area contributed by atoms with E-state index in [1.165, 1.54) is 31.7 Å². The summed E-state index contributed by atoms with van der Waals surface area (Å²) >= 11 is 12.6. The fourth-order valence-corrected chi connectivity index (χ4v) is 4.88. The van der Waals surface area contributed by atoms with Gasteiger partial charge in [-0.2, -0.15) is 0 Å². The Bertz CT molecular complexity index is 806. The second-order valence-electron chi connectivity index (χ2n) is 6.24. The molecule has 0 aliphatic carbocycles. The van der Waals surface area contributed by atoms with Crippen molar-refractivity contribution in [2.24, 2.45) is 0 Å². The van der Waals surface area contributed by atoms with E-state index >= 15 is 0 Å². The van der Waals surface area contributed by atoms with Crippen molar-refractivity contribution in [2.75, 3.05) is 6.54 Å². The van der Waals surface area contributed by atoms with Crippen LogP contribution in [0.2, 0.25) is 10.0 Å². The molecule has 3 nitrogen and oxygen atoms in total.